The lowest BCUT2D eigenvalue weighted by atomic mass is 9.95. The Labute approximate surface area is 115 Å². The van der Waals surface area contributed by atoms with E-state index >= 15 is 0 Å². The summed E-state index contributed by atoms with van der Waals surface area (Å²) in [5.74, 6) is 0.0291. The number of hydrogen-bond donors (Lipinski definition) is 1. The van der Waals surface area contributed by atoms with Gasteiger partial charge in [0.1, 0.15) is 17.7 Å². The van der Waals surface area contributed by atoms with Crippen molar-refractivity contribution < 1.29 is 14.2 Å². The quantitative estimate of drug-likeness (QED) is 0.853. The van der Waals surface area contributed by atoms with Crippen LogP contribution in [0.2, 0.25) is 5.02 Å². The molecule has 2 atom stereocenters. The third-order valence-electron chi connectivity index (χ3n) is 3.28. The Morgan fingerprint density at radius 1 is 1.16 bits per heavy atom. The van der Waals surface area contributed by atoms with Gasteiger partial charge in [-0.2, -0.15) is 0 Å². The van der Waals surface area contributed by atoms with E-state index in [-0.39, 0.29) is 11.9 Å². The first kappa shape index (κ1) is 12.5. The van der Waals surface area contributed by atoms with Gasteiger partial charge in [0.2, 0.25) is 0 Å². The summed E-state index contributed by atoms with van der Waals surface area (Å²) < 4.78 is 19.0. The second-order valence-corrected chi connectivity index (χ2v) is 5.03. The van der Waals surface area contributed by atoms with Crippen LogP contribution in [0, 0.1) is 5.82 Å². The fourth-order valence-corrected chi connectivity index (χ4v) is 2.42. The molecule has 2 nitrogen and oxygen atoms in total. The first-order chi connectivity index (χ1) is 9.13. The molecule has 2 aromatic rings. The number of benzene rings is 2. The molecular formula is C15H12ClFO2. The van der Waals surface area contributed by atoms with Crippen LogP contribution in [0.3, 0.4) is 0 Å². The molecule has 2 aromatic carbocycles. The summed E-state index contributed by atoms with van der Waals surface area (Å²) in [7, 11) is 0. The van der Waals surface area contributed by atoms with E-state index < -0.39 is 6.10 Å². The molecule has 98 valence electrons. The van der Waals surface area contributed by atoms with Crippen LogP contribution in [-0.2, 0) is 0 Å². The third-order valence-corrected chi connectivity index (χ3v) is 3.53. The zero-order valence-corrected chi connectivity index (χ0v) is 10.8. The van der Waals surface area contributed by atoms with E-state index in [1.54, 1.807) is 18.2 Å². The molecule has 1 aliphatic rings. The van der Waals surface area contributed by atoms with Crippen LogP contribution in [0.15, 0.2) is 42.5 Å². The summed E-state index contributed by atoms with van der Waals surface area (Å²) in [5.41, 5.74) is 1.55. The van der Waals surface area contributed by atoms with Gasteiger partial charge in [0, 0.05) is 23.1 Å². The molecule has 0 aliphatic carbocycles. The second-order valence-electron chi connectivity index (χ2n) is 4.59. The van der Waals surface area contributed by atoms with Crippen LogP contribution in [0.25, 0.3) is 0 Å². The van der Waals surface area contributed by atoms with Gasteiger partial charge in [-0.25, -0.2) is 4.39 Å². The molecule has 0 amide bonds. The Hall–Kier alpha value is -1.58. The zero-order chi connectivity index (χ0) is 13.4. The van der Waals surface area contributed by atoms with E-state index in [1.807, 2.05) is 12.1 Å². The lowest BCUT2D eigenvalue weighted by Gasteiger charge is -2.29. The predicted molar refractivity (Wildman–Crippen MR) is 70.8 cm³/mol. The molecule has 1 unspecified atom stereocenters. The summed E-state index contributed by atoms with van der Waals surface area (Å²) in [5, 5.41) is 10.8. The van der Waals surface area contributed by atoms with Gasteiger partial charge >= 0.3 is 0 Å². The van der Waals surface area contributed by atoms with Crippen molar-refractivity contribution in [3.63, 3.8) is 0 Å². The molecule has 0 saturated carbocycles. The first-order valence-electron chi connectivity index (χ1n) is 6.03. The lowest BCUT2D eigenvalue weighted by Crippen LogP contribution is -2.19. The van der Waals surface area contributed by atoms with Crippen LogP contribution in [0.5, 0.6) is 5.75 Å². The van der Waals surface area contributed by atoms with Crippen LogP contribution >= 0.6 is 11.6 Å². The minimum Gasteiger partial charge on any atom is -0.485 e. The molecule has 4 heteroatoms. The highest BCUT2D eigenvalue weighted by Crippen LogP contribution is 2.41. The number of halogens is 2. The predicted octanol–water partition coefficient (Wildman–Crippen LogP) is 4.04. The summed E-state index contributed by atoms with van der Waals surface area (Å²) in [6.45, 7) is 0. The van der Waals surface area contributed by atoms with E-state index in [2.05, 4.69) is 0 Å². The highest BCUT2D eigenvalue weighted by molar-refractivity contribution is 6.30. The Kier molecular flexibility index (Phi) is 3.17. The Balaban J connectivity index is 1.93. The number of fused-ring (bicyclic) bond motifs is 1. The minimum absolute atomic E-state index is 0.290. The standard InChI is InChI=1S/C15H12ClFO2/c16-10-3-1-9(2-4-10)14-8-13(18)12-6-5-11(17)7-15(12)19-14/h1-7,13-14,18H,8H2/t13-,14?/m1/s1. The lowest BCUT2D eigenvalue weighted by molar-refractivity contribution is 0.0654. The molecule has 0 fully saturated rings. The van der Waals surface area contributed by atoms with Crippen molar-refractivity contribution in [2.24, 2.45) is 0 Å². The molecule has 0 aromatic heterocycles. The monoisotopic (exact) mass is 278 g/mol. The van der Waals surface area contributed by atoms with Crippen LogP contribution in [0.1, 0.15) is 29.8 Å². The topological polar surface area (TPSA) is 29.5 Å². The van der Waals surface area contributed by atoms with Crippen molar-refractivity contribution in [1.29, 1.82) is 0 Å². The summed E-state index contributed by atoms with van der Waals surface area (Å²) in [6, 6.07) is 11.4. The third kappa shape index (κ3) is 2.44. The second kappa shape index (κ2) is 4.83. The van der Waals surface area contributed by atoms with Crippen LogP contribution in [0.4, 0.5) is 4.39 Å². The maximum absolute atomic E-state index is 13.2. The van der Waals surface area contributed by atoms with Gasteiger partial charge in [0.15, 0.2) is 0 Å². The molecule has 1 N–H and O–H groups in total. The molecule has 0 spiro atoms. The fourth-order valence-electron chi connectivity index (χ4n) is 2.30. The van der Waals surface area contributed by atoms with Gasteiger partial charge in [-0.05, 0) is 29.8 Å². The molecule has 3 rings (SSSR count). The number of hydrogen-bond acceptors (Lipinski definition) is 2. The molecule has 0 bridgehead atoms. The summed E-state index contributed by atoms with van der Waals surface area (Å²) in [4.78, 5) is 0. The van der Waals surface area contributed by atoms with Gasteiger partial charge in [-0.3, -0.25) is 0 Å². The Bertz CT molecular complexity index is 598. The molecule has 0 radical (unpaired) electrons. The maximum atomic E-state index is 13.2. The van der Waals surface area contributed by atoms with Crippen molar-refractivity contribution in [3.05, 3.63) is 64.4 Å². The van der Waals surface area contributed by atoms with E-state index in [4.69, 9.17) is 16.3 Å². The minimum atomic E-state index is -0.648. The zero-order valence-electron chi connectivity index (χ0n) is 10.0. The highest BCUT2D eigenvalue weighted by atomic mass is 35.5. The van der Waals surface area contributed by atoms with Crippen LogP contribution in [-0.4, -0.2) is 5.11 Å². The molecule has 19 heavy (non-hydrogen) atoms. The van der Waals surface area contributed by atoms with Crippen molar-refractivity contribution >= 4 is 11.6 Å². The van der Waals surface area contributed by atoms with Gasteiger partial charge < -0.3 is 9.84 Å². The van der Waals surface area contributed by atoms with Crippen molar-refractivity contribution in [2.45, 2.75) is 18.6 Å². The van der Waals surface area contributed by atoms with E-state index in [0.29, 0.717) is 22.8 Å². The SMILES string of the molecule is O[C@@H]1CC(c2ccc(Cl)cc2)Oc2cc(F)ccc21. The van der Waals surface area contributed by atoms with E-state index in [9.17, 15) is 9.50 Å². The largest absolute Gasteiger partial charge is 0.485 e. The average molecular weight is 279 g/mol. The van der Waals surface area contributed by atoms with Gasteiger partial charge in [-0.15, -0.1) is 0 Å². The van der Waals surface area contributed by atoms with Crippen molar-refractivity contribution in [3.8, 4) is 5.75 Å². The molecule has 1 heterocycles. The number of aliphatic hydroxyl groups is 1. The number of rotatable bonds is 1. The number of aliphatic hydroxyl groups excluding tert-OH is 1. The summed E-state index contributed by atoms with van der Waals surface area (Å²) in [6.07, 6.45) is -0.494. The van der Waals surface area contributed by atoms with Crippen molar-refractivity contribution in [1.82, 2.24) is 0 Å². The normalized spacial score (nSPS) is 21.6. The van der Waals surface area contributed by atoms with Gasteiger partial charge in [0.25, 0.3) is 0 Å². The van der Waals surface area contributed by atoms with E-state index in [1.165, 1.54) is 12.1 Å². The average Bonchev–Trinajstić information content (AvgIpc) is 2.38. The van der Waals surface area contributed by atoms with E-state index in [0.717, 1.165) is 5.56 Å². The Morgan fingerprint density at radius 2 is 1.89 bits per heavy atom. The molecular weight excluding hydrogens is 267 g/mol. The Morgan fingerprint density at radius 3 is 2.63 bits per heavy atom. The highest BCUT2D eigenvalue weighted by Gasteiger charge is 2.28. The first-order valence-corrected chi connectivity index (χ1v) is 6.41. The van der Waals surface area contributed by atoms with Gasteiger partial charge in [0.05, 0.1) is 6.10 Å². The fraction of sp³-hybridized carbons (Fsp3) is 0.200. The molecule has 0 saturated heterocycles. The smallest absolute Gasteiger partial charge is 0.128 e. The maximum Gasteiger partial charge on any atom is 0.128 e. The number of ether oxygens (including phenoxy) is 1. The summed E-state index contributed by atoms with van der Waals surface area (Å²) >= 11 is 5.84. The molecule has 1 aliphatic heterocycles. The van der Waals surface area contributed by atoms with Crippen LogP contribution < -0.4 is 4.74 Å². The van der Waals surface area contributed by atoms with Crippen molar-refractivity contribution in [2.75, 3.05) is 0 Å². The van der Waals surface area contributed by atoms with Gasteiger partial charge in [-0.1, -0.05) is 23.7 Å².